The number of aromatic hydroxyl groups is 1. The summed E-state index contributed by atoms with van der Waals surface area (Å²) >= 11 is 0. The maximum absolute atomic E-state index is 10.3. The number of ether oxygens (including phenoxy) is 1. The average molecular weight is 450 g/mol. The average Bonchev–Trinajstić information content (AvgIpc) is 2.59. The lowest BCUT2D eigenvalue weighted by Crippen LogP contribution is -3.00. The molecule has 0 amide bonds. The second-order valence-electron chi connectivity index (χ2n) is 6.77. The van der Waals surface area contributed by atoms with E-state index in [-0.39, 0.29) is 41.7 Å². The summed E-state index contributed by atoms with van der Waals surface area (Å²) in [6.07, 6.45) is 0. The highest BCUT2D eigenvalue weighted by Gasteiger charge is 2.42. The Labute approximate surface area is 166 Å². The minimum absolute atomic E-state index is 0. The fraction of sp³-hybridized carbons (Fsp3) is 0.350. The molecule has 2 aromatic rings. The molecule has 0 aromatic heterocycles. The van der Waals surface area contributed by atoms with Crippen LogP contribution >= 0.6 is 0 Å². The van der Waals surface area contributed by atoms with Gasteiger partial charge in [0.1, 0.15) is 12.1 Å². The van der Waals surface area contributed by atoms with Crippen molar-refractivity contribution in [3.05, 3.63) is 59.2 Å². The highest BCUT2D eigenvalue weighted by atomic mass is 127. The topological polar surface area (TPSA) is 53.2 Å². The van der Waals surface area contributed by atoms with E-state index in [0.29, 0.717) is 16.8 Å². The molecule has 0 spiro atoms. The van der Waals surface area contributed by atoms with E-state index in [1.807, 2.05) is 30.3 Å². The molecule has 1 aliphatic rings. The molecule has 3 atom stereocenters. The Bertz CT molecular complexity index is 788. The van der Waals surface area contributed by atoms with E-state index >= 15 is 0 Å². The SMILES string of the molecule is COc1cc2c(cc1O)C(c1ccccc1)C[N+](C)(CC#N)C2C.[I-]. The van der Waals surface area contributed by atoms with Gasteiger partial charge < -0.3 is 38.3 Å². The molecule has 0 bridgehead atoms. The van der Waals surface area contributed by atoms with Crippen LogP contribution in [-0.4, -0.2) is 36.8 Å². The third-order valence-electron chi connectivity index (χ3n) is 5.38. The molecule has 1 aliphatic heterocycles. The molecule has 0 saturated carbocycles. The van der Waals surface area contributed by atoms with Crippen LogP contribution in [0.2, 0.25) is 0 Å². The van der Waals surface area contributed by atoms with Crippen molar-refractivity contribution in [2.45, 2.75) is 18.9 Å². The van der Waals surface area contributed by atoms with Gasteiger partial charge in [-0.15, -0.1) is 0 Å². The van der Waals surface area contributed by atoms with Crippen molar-refractivity contribution in [3.63, 3.8) is 0 Å². The molecule has 0 aliphatic carbocycles. The second kappa shape index (κ2) is 7.63. The van der Waals surface area contributed by atoms with E-state index in [0.717, 1.165) is 17.7 Å². The molecule has 132 valence electrons. The Morgan fingerprint density at radius 3 is 2.52 bits per heavy atom. The lowest BCUT2D eigenvalue weighted by Gasteiger charge is -2.46. The number of halogens is 1. The Hall–Kier alpha value is -1.78. The quantitative estimate of drug-likeness (QED) is 0.423. The van der Waals surface area contributed by atoms with E-state index in [1.165, 1.54) is 5.56 Å². The number of hydrogen-bond acceptors (Lipinski definition) is 3. The van der Waals surface area contributed by atoms with E-state index < -0.39 is 0 Å². The van der Waals surface area contributed by atoms with Gasteiger partial charge >= 0.3 is 0 Å². The van der Waals surface area contributed by atoms with Gasteiger partial charge in [-0.2, -0.15) is 5.26 Å². The summed E-state index contributed by atoms with van der Waals surface area (Å²) in [5, 5.41) is 19.6. The summed E-state index contributed by atoms with van der Waals surface area (Å²) in [5.74, 6) is 0.797. The van der Waals surface area contributed by atoms with E-state index in [4.69, 9.17) is 4.74 Å². The predicted octanol–water partition coefficient (Wildman–Crippen LogP) is 0.581. The normalized spacial score (nSPS) is 24.6. The molecule has 0 fully saturated rings. The van der Waals surface area contributed by atoms with E-state index in [1.54, 1.807) is 7.11 Å². The highest BCUT2D eigenvalue weighted by Crippen LogP contribution is 2.46. The molecule has 5 heteroatoms. The number of methoxy groups -OCH3 is 1. The van der Waals surface area contributed by atoms with Crippen LogP contribution in [0.3, 0.4) is 0 Å². The predicted molar refractivity (Wildman–Crippen MR) is 92.9 cm³/mol. The van der Waals surface area contributed by atoms with Crippen LogP contribution in [0.25, 0.3) is 0 Å². The Morgan fingerprint density at radius 1 is 1.24 bits per heavy atom. The fourth-order valence-electron chi connectivity index (χ4n) is 3.77. The number of likely N-dealkylation sites (N-methyl/N-ethyl adjacent to an activating group) is 1. The van der Waals surface area contributed by atoms with Crippen LogP contribution in [-0.2, 0) is 0 Å². The third kappa shape index (κ3) is 3.46. The third-order valence-corrected chi connectivity index (χ3v) is 5.38. The van der Waals surface area contributed by atoms with Gasteiger partial charge in [0.25, 0.3) is 0 Å². The summed E-state index contributed by atoms with van der Waals surface area (Å²) in [6, 6.07) is 16.6. The standard InChI is InChI=1S/C20H22N2O2.HI/c1-14-16-12-20(24-3)19(23)11-17(16)18(13-22(14,2)10-9-21)15-7-5-4-6-8-15;/h4-8,11-12,14,18H,10,13H2,1-3H3;1H. The van der Waals surface area contributed by atoms with Gasteiger partial charge in [0.2, 0.25) is 0 Å². The first-order valence-corrected chi connectivity index (χ1v) is 8.17. The summed E-state index contributed by atoms with van der Waals surface area (Å²) in [6.45, 7) is 3.43. The van der Waals surface area contributed by atoms with Crippen molar-refractivity contribution in [1.82, 2.24) is 0 Å². The van der Waals surface area contributed by atoms with Gasteiger partial charge in [-0.25, -0.2) is 0 Å². The lowest BCUT2D eigenvalue weighted by molar-refractivity contribution is -0.934. The van der Waals surface area contributed by atoms with Gasteiger partial charge in [0.05, 0.1) is 26.6 Å². The van der Waals surface area contributed by atoms with Crippen LogP contribution < -0.4 is 28.7 Å². The van der Waals surface area contributed by atoms with Crippen LogP contribution in [0.1, 0.15) is 35.6 Å². The van der Waals surface area contributed by atoms with Crippen molar-refractivity contribution in [3.8, 4) is 17.6 Å². The molecule has 0 radical (unpaired) electrons. The zero-order valence-corrected chi connectivity index (χ0v) is 16.9. The number of fused-ring (bicyclic) bond motifs is 1. The molecule has 4 nitrogen and oxygen atoms in total. The van der Waals surface area contributed by atoms with Gasteiger partial charge in [-0.05, 0) is 30.2 Å². The van der Waals surface area contributed by atoms with Crippen LogP contribution in [0.4, 0.5) is 0 Å². The fourth-order valence-corrected chi connectivity index (χ4v) is 3.77. The number of quaternary nitrogens is 1. The Balaban J connectivity index is 0.00000225. The molecule has 3 rings (SSSR count). The first-order chi connectivity index (χ1) is 11.5. The van der Waals surface area contributed by atoms with E-state index in [9.17, 15) is 10.4 Å². The maximum atomic E-state index is 10.3. The maximum Gasteiger partial charge on any atom is 0.166 e. The smallest absolute Gasteiger partial charge is 0.166 e. The number of phenols is 1. The van der Waals surface area contributed by atoms with E-state index in [2.05, 4.69) is 32.2 Å². The Kier molecular flexibility index (Phi) is 5.96. The van der Waals surface area contributed by atoms with Crippen molar-refractivity contribution in [2.24, 2.45) is 0 Å². The first kappa shape index (κ1) is 19.5. The minimum Gasteiger partial charge on any atom is -1.00 e. The minimum atomic E-state index is 0. The van der Waals surface area contributed by atoms with Gasteiger partial charge in [0, 0.05) is 5.56 Å². The lowest BCUT2D eigenvalue weighted by atomic mass is 9.80. The summed E-state index contributed by atoms with van der Waals surface area (Å²) < 4.78 is 5.96. The zero-order chi connectivity index (χ0) is 17.3. The van der Waals surface area contributed by atoms with Gasteiger partial charge in [-0.1, -0.05) is 30.3 Å². The molecule has 2 aromatic carbocycles. The van der Waals surface area contributed by atoms with Crippen molar-refractivity contribution < 1.29 is 38.3 Å². The molecular weight excluding hydrogens is 427 g/mol. The number of rotatable bonds is 3. The molecule has 1 N–H and O–H groups in total. The summed E-state index contributed by atoms with van der Waals surface area (Å²) in [5.41, 5.74) is 3.47. The summed E-state index contributed by atoms with van der Waals surface area (Å²) in [4.78, 5) is 0. The van der Waals surface area contributed by atoms with Crippen LogP contribution in [0.15, 0.2) is 42.5 Å². The van der Waals surface area contributed by atoms with Crippen molar-refractivity contribution in [1.29, 1.82) is 5.26 Å². The molecular formula is C20H23IN2O2. The summed E-state index contributed by atoms with van der Waals surface area (Å²) in [7, 11) is 3.69. The monoisotopic (exact) mass is 450 g/mol. The van der Waals surface area contributed by atoms with Gasteiger partial charge in [0.15, 0.2) is 18.0 Å². The van der Waals surface area contributed by atoms with Crippen molar-refractivity contribution >= 4 is 0 Å². The largest absolute Gasteiger partial charge is 1.00 e. The zero-order valence-electron chi connectivity index (χ0n) is 14.7. The second-order valence-corrected chi connectivity index (χ2v) is 6.77. The number of hydrogen-bond donors (Lipinski definition) is 1. The number of nitrogens with zero attached hydrogens (tertiary/aromatic N) is 2. The molecule has 25 heavy (non-hydrogen) atoms. The number of phenolic OH excluding ortho intramolecular Hbond substituents is 1. The van der Waals surface area contributed by atoms with Crippen molar-refractivity contribution in [2.75, 3.05) is 27.2 Å². The van der Waals surface area contributed by atoms with Crippen LogP contribution in [0, 0.1) is 11.3 Å². The Morgan fingerprint density at radius 2 is 1.92 bits per heavy atom. The molecule has 0 saturated heterocycles. The first-order valence-electron chi connectivity index (χ1n) is 8.17. The number of nitriles is 1. The highest BCUT2D eigenvalue weighted by molar-refractivity contribution is 5.51. The molecule has 3 unspecified atom stereocenters. The number of benzene rings is 2. The van der Waals surface area contributed by atoms with Crippen LogP contribution in [0.5, 0.6) is 11.5 Å². The van der Waals surface area contributed by atoms with Gasteiger partial charge in [-0.3, -0.25) is 0 Å². The molecule has 1 heterocycles.